The summed E-state index contributed by atoms with van der Waals surface area (Å²) in [5.74, 6) is 0.781. The number of ether oxygens (including phenoxy) is 1. The Kier molecular flexibility index (Phi) is 5.13. The van der Waals surface area contributed by atoms with Gasteiger partial charge < -0.3 is 20.7 Å². The molecule has 7 nitrogen and oxygen atoms in total. The van der Waals surface area contributed by atoms with Crippen LogP contribution in [0.15, 0.2) is 10.7 Å². The van der Waals surface area contributed by atoms with Crippen molar-refractivity contribution in [2.45, 2.75) is 19.4 Å². The number of rotatable bonds is 5. The number of carbonyl (C=O) groups excluding carboxylic acids is 1. The van der Waals surface area contributed by atoms with Crippen LogP contribution < -0.4 is 16.0 Å². The molecule has 2 rings (SSSR count). The zero-order valence-electron chi connectivity index (χ0n) is 11.3. The molecule has 0 aliphatic carbocycles. The molecular weight excluding hydrogens is 326 g/mol. The maximum Gasteiger partial charge on any atom is 0.242 e. The third-order valence-electron chi connectivity index (χ3n) is 2.99. The molecule has 1 aliphatic rings. The number of primary amides is 1. The minimum atomic E-state index is -0.506. The summed E-state index contributed by atoms with van der Waals surface area (Å²) < 4.78 is 6.04. The monoisotopic (exact) mass is 343 g/mol. The Bertz CT molecular complexity index is 485. The molecule has 1 aromatic rings. The van der Waals surface area contributed by atoms with Gasteiger partial charge in [0.2, 0.25) is 11.9 Å². The minimum Gasteiger partial charge on any atom is -0.377 e. The van der Waals surface area contributed by atoms with Gasteiger partial charge in [0.15, 0.2) is 0 Å². The molecule has 1 fully saturated rings. The number of carbonyl (C=O) groups is 1. The summed E-state index contributed by atoms with van der Waals surface area (Å²) in [6.45, 7) is 4.25. The highest BCUT2D eigenvalue weighted by atomic mass is 79.9. The van der Waals surface area contributed by atoms with Crippen LogP contribution in [-0.4, -0.2) is 48.2 Å². The molecule has 0 bridgehead atoms. The molecular formula is C12H18BrN5O2. The van der Waals surface area contributed by atoms with Crippen molar-refractivity contribution in [3.63, 3.8) is 0 Å². The second kappa shape index (κ2) is 6.85. The fraction of sp³-hybridized carbons (Fsp3) is 0.583. The molecule has 110 valence electrons. The summed E-state index contributed by atoms with van der Waals surface area (Å²) >= 11 is 3.42. The quantitative estimate of drug-likeness (QED) is 0.819. The van der Waals surface area contributed by atoms with Gasteiger partial charge in [-0.2, -0.15) is 4.98 Å². The lowest BCUT2D eigenvalue weighted by molar-refractivity contribution is -0.121. The van der Waals surface area contributed by atoms with E-state index in [2.05, 4.69) is 38.1 Å². The van der Waals surface area contributed by atoms with Crippen molar-refractivity contribution in [2.75, 3.05) is 36.5 Å². The molecule has 1 atom stereocenters. The van der Waals surface area contributed by atoms with Gasteiger partial charge in [0, 0.05) is 19.3 Å². The lowest BCUT2D eigenvalue weighted by Gasteiger charge is -2.34. The van der Waals surface area contributed by atoms with Crippen LogP contribution >= 0.6 is 15.9 Å². The van der Waals surface area contributed by atoms with Crippen LogP contribution in [0.5, 0.6) is 0 Å². The van der Waals surface area contributed by atoms with Crippen LogP contribution in [0.2, 0.25) is 0 Å². The minimum absolute atomic E-state index is 0.281. The van der Waals surface area contributed by atoms with Gasteiger partial charge in [0.25, 0.3) is 0 Å². The molecule has 1 aromatic heterocycles. The molecule has 1 aliphatic heterocycles. The predicted octanol–water partition coefficient (Wildman–Crippen LogP) is 0.751. The molecule has 2 heterocycles. The third kappa shape index (κ3) is 3.37. The van der Waals surface area contributed by atoms with Crippen molar-refractivity contribution in [1.82, 2.24) is 9.97 Å². The van der Waals surface area contributed by atoms with E-state index in [-0.39, 0.29) is 6.61 Å². The number of nitrogens with one attached hydrogen (secondary N) is 1. The van der Waals surface area contributed by atoms with Crippen LogP contribution in [0, 0.1) is 0 Å². The smallest absolute Gasteiger partial charge is 0.242 e. The number of halogens is 1. The van der Waals surface area contributed by atoms with Crippen LogP contribution in [0.1, 0.15) is 13.3 Å². The molecule has 0 aromatic carbocycles. The van der Waals surface area contributed by atoms with Crippen LogP contribution in [-0.2, 0) is 9.53 Å². The zero-order valence-corrected chi connectivity index (χ0v) is 12.9. The number of aromatic nitrogens is 2. The second-order valence-corrected chi connectivity index (χ2v) is 5.33. The SMILES string of the molecule is CCCNc1ncc(Br)c(N2CCOCC2C(N)=O)n1. The van der Waals surface area contributed by atoms with Crippen LogP contribution in [0.3, 0.4) is 0 Å². The molecule has 0 saturated carbocycles. The topological polar surface area (TPSA) is 93.4 Å². The molecule has 1 unspecified atom stereocenters. The Labute approximate surface area is 126 Å². The van der Waals surface area contributed by atoms with Gasteiger partial charge in [0.05, 0.1) is 17.7 Å². The summed E-state index contributed by atoms with van der Waals surface area (Å²) in [6, 6.07) is -0.506. The van der Waals surface area contributed by atoms with E-state index >= 15 is 0 Å². The van der Waals surface area contributed by atoms with Crippen molar-refractivity contribution in [3.05, 3.63) is 10.7 Å². The summed E-state index contributed by atoms with van der Waals surface area (Å²) in [4.78, 5) is 22.0. The zero-order chi connectivity index (χ0) is 14.5. The standard InChI is InChI=1S/C12H18BrN5O2/c1-2-3-15-12-16-6-8(13)11(17-12)18-4-5-20-7-9(18)10(14)19/h6,9H,2-5,7H2,1H3,(H2,14,19)(H,15,16,17). The lowest BCUT2D eigenvalue weighted by Crippen LogP contribution is -2.53. The highest BCUT2D eigenvalue weighted by molar-refractivity contribution is 9.10. The molecule has 0 radical (unpaired) electrons. The Hall–Kier alpha value is -1.41. The first kappa shape index (κ1) is 15.0. The summed E-state index contributed by atoms with van der Waals surface area (Å²) in [5, 5.41) is 3.13. The van der Waals surface area contributed by atoms with Gasteiger partial charge >= 0.3 is 0 Å². The first-order chi connectivity index (χ1) is 9.63. The largest absolute Gasteiger partial charge is 0.377 e. The summed E-state index contributed by atoms with van der Waals surface area (Å²) in [6.07, 6.45) is 2.66. The molecule has 3 N–H and O–H groups in total. The lowest BCUT2D eigenvalue weighted by atomic mass is 10.2. The van der Waals surface area contributed by atoms with E-state index in [1.807, 2.05) is 4.90 Å². The van der Waals surface area contributed by atoms with Crippen molar-refractivity contribution < 1.29 is 9.53 Å². The van der Waals surface area contributed by atoms with E-state index in [0.29, 0.717) is 24.9 Å². The van der Waals surface area contributed by atoms with Gasteiger partial charge in [-0.25, -0.2) is 4.98 Å². The van der Waals surface area contributed by atoms with Gasteiger partial charge in [-0.3, -0.25) is 4.79 Å². The van der Waals surface area contributed by atoms with Crippen molar-refractivity contribution >= 4 is 33.6 Å². The Morgan fingerprint density at radius 2 is 2.50 bits per heavy atom. The maximum atomic E-state index is 11.5. The number of hydrogen-bond acceptors (Lipinski definition) is 6. The number of amides is 1. The van der Waals surface area contributed by atoms with Crippen LogP contribution in [0.4, 0.5) is 11.8 Å². The van der Waals surface area contributed by atoms with Gasteiger partial charge in [-0.15, -0.1) is 0 Å². The van der Waals surface area contributed by atoms with Crippen molar-refractivity contribution in [1.29, 1.82) is 0 Å². The molecule has 1 saturated heterocycles. The van der Waals surface area contributed by atoms with E-state index in [1.165, 1.54) is 0 Å². The highest BCUT2D eigenvalue weighted by Gasteiger charge is 2.30. The average Bonchev–Trinajstić information content (AvgIpc) is 2.46. The Morgan fingerprint density at radius 3 is 3.20 bits per heavy atom. The van der Waals surface area contributed by atoms with Crippen molar-refractivity contribution in [2.24, 2.45) is 5.73 Å². The van der Waals surface area contributed by atoms with E-state index in [0.717, 1.165) is 17.4 Å². The van der Waals surface area contributed by atoms with Gasteiger partial charge in [0.1, 0.15) is 11.9 Å². The number of anilines is 2. The van der Waals surface area contributed by atoms with Gasteiger partial charge in [-0.05, 0) is 22.4 Å². The normalized spacial score (nSPS) is 18.9. The predicted molar refractivity (Wildman–Crippen MR) is 79.7 cm³/mol. The fourth-order valence-electron chi connectivity index (χ4n) is 1.97. The molecule has 20 heavy (non-hydrogen) atoms. The first-order valence-electron chi connectivity index (χ1n) is 6.53. The van der Waals surface area contributed by atoms with E-state index in [1.54, 1.807) is 6.20 Å². The number of morpholine rings is 1. The van der Waals surface area contributed by atoms with E-state index in [9.17, 15) is 4.79 Å². The second-order valence-electron chi connectivity index (χ2n) is 4.48. The molecule has 8 heteroatoms. The Balaban J connectivity index is 2.26. The fourth-order valence-corrected chi connectivity index (χ4v) is 2.39. The number of nitrogens with two attached hydrogens (primary N) is 1. The van der Waals surface area contributed by atoms with Crippen molar-refractivity contribution in [3.8, 4) is 0 Å². The maximum absolute atomic E-state index is 11.5. The van der Waals surface area contributed by atoms with E-state index < -0.39 is 11.9 Å². The third-order valence-corrected chi connectivity index (χ3v) is 3.55. The van der Waals surface area contributed by atoms with E-state index in [4.69, 9.17) is 10.5 Å². The number of nitrogens with zero attached hydrogens (tertiary/aromatic N) is 3. The van der Waals surface area contributed by atoms with Crippen LogP contribution in [0.25, 0.3) is 0 Å². The summed E-state index contributed by atoms with van der Waals surface area (Å²) in [5.41, 5.74) is 5.43. The summed E-state index contributed by atoms with van der Waals surface area (Å²) in [7, 11) is 0. The van der Waals surface area contributed by atoms with Gasteiger partial charge in [-0.1, -0.05) is 6.92 Å². The average molecular weight is 344 g/mol. The molecule has 0 spiro atoms. The Morgan fingerprint density at radius 1 is 1.70 bits per heavy atom. The first-order valence-corrected chi connectivity index (χ1v) is 7.33. The highest BCUT2D eigenvalue weighted by Crippen LogP contribution is 2.27. The molecule has 1 amide bonds. The number of hydrogen-bond donors (Lipinski definition) is 2.